The molecule has 2 aliphatic rings. The fraction of sp³-hybridized carbons (Fsp3) is 0.412. The van der Waals surface area contributed by atoms with E-state index in [0.717, 1.165) is 4.88 Å². The first-order valence-electron chi connectivity index (χ1n) is 11.4. The SMILES string of the molecule is Nc1nc(=S)c2ncn([C@@H]3O[C@H](COP(=O)(O)OP(=O)(O)OP(=O)(O)O)[C@H]4OC(C(=O)NCc5cccs5)O[C@H]43)c2[nH]1. The van der Waals surface area contributed by atoms with Gasteiger partial charge in [0.2, 0.25) is 6.29 Å². The van der Waals surface area contributed by atoms with Gasteiger partial charge in [0.1, 0.15) is 29.5 Å². The summed E-state index contributed by atoms with van der Waals surface area (Å²) >= 11 is 6.61. The lowest BCUT2D eigenvalue weighted by atomic mass is 10.1. The van der Waals surface area contributed by atoms with Crippen molar-refractivity contribution in [1.29, 1.82) is 0 Å². The van der Waals surface area contributed by atoms with Crippen LogP contribution in [0.5, 0.6) is 0 Å². The molecule has 20 nitrogen and oxygen atoms in total. The van der Waals surface area contributed by atoms with Crippen LogP contribution in [-0.4, -0.2) is 76.2 Å². The number of nitrogens with one attached hydrogen (secondary N) is 2. The summed E-state index contributed by atoms with van der Waals surface area (Å²) in [5.41, 5.74) is 6.30. The standard InChI is InChI=1S/C17H21N6O14P3S2/c18-17-21-12-9(14(41)22-17)20-6-23(12)15-11-10(34-16(35-11)13(24)19-4-7-2-1-3-42-7)8(33-15)5-32-39(28,29)37-40(30,31)36-38(25,26)27/h1-3,6,8,10-11,15-16H,4-5H2,(H,19,24)(H,28,29)(H,30,31)(H2,25,26,27)(H3,18,21,22,41)/t8-,10-,11-,15-,16?/m1/s1. The first-order chi connectivity index (χ1) is 19.6. The van der Waals surface area contributed by atoms with Crippen LogP contribution >= 0.6 is 47.0 Å². The number of nitrogen functional groups attached to an aromatic ring is 1. The third kappa shape index (κ3) is 7.21. The summed E-state index contributed by atoms with van der Waals surface area (Å²) in [7, 11) is -16.8. The Morgan fingerprint density at radius 3 is 2.60 bits per heavy atom. The number of nitrogens with zero attached hydrogens (tertiary/aromatic N) is 3. The molecule has 0 bridgehead atoms. The van der Waals surface area contributed by atoms with Crippen molar-refractivity contribution in [1.82, 2.24) is 24.8 Å². The van der Waals surface area contributed by atoms with Crippen molar-refractivity contribution in [3.8, 4) is 0 Å². The van der Waals surface area contributed by atoms with Gasteiger partial charge < -0.3 is 49.8 Å². The lowest BCUT2D eigenvalue weighted by Gasteiger charge is -2.22. The molecule has 5 heterocycles. The molecular formula is C17H21N6O14P3S2. The van der Waals surface area contributed by atoms with E-state index in [1.54, 1.807) is 0 Å². The maximum absolute atomic E-state index is 12.8. The molecule has 0 spiro atoms. The summed E-state index contributed by atoms with van der Waals surface area (Å²) in [5.74, 6) is -0.672. The Labute approximate surface area is 243 Å². The van der Waals surface area contributed by atoms with Gasteiger partial charge in [0.15, 0.2) is 16.8 Å². The van der Waals surface area contributed by atoms with Crippen LogP contribution in [0.2, 0.25) is 0 Å². The monoisotopic (exact) mass is 690 g/mol. The van der Waals surface area contributed by atoms with Gasteiger partial charge in [-0.05, 0) is 11.4 Å². The number of phosphoric ester groups is 1. The van der Waals surface area contributed by atoms with Gasteiger partial charge in [0, 0.05) is 4.88 Å². The molecule has 230 valence electrons. The predicted octanol–water partition coefficient (Wildman–Crippen LogP) is 0.800. The highest BCUT2D eigenvalue weighted by Crippen LogP contribution is 2.66. The number of hydrogen-bond donors (Lipinski definition) is 7. The van der Waals surface area contributed by atoms with Crippen LogP contribution in [0, 0.1) is 4.64 Å². The lowest BCUT2D eigenvalue weighted by Crippen LogP contribution is -2.37. The van der Waals surface area contributed by atoms with Crippen LogP contribution in [0.1, 0.15) is 11.1 Å². The van der Waals surface area contributed by atoms with Gasteiger partial charge in [0.05, 0.1) is 19.5 Å². The summed E-state index contributed by atoms with van der Waals surface area (Å²) < 4.78 is 66.1. The molecule has 2 fully saturated rings. The molecule has 3 unspecified atom stereocenters. The molecule has 2 saturated heterocycles. The van der Waals surface area contributed by atoms with Crippen molar-refractivity contribution < 1.29 is 65.4 Å². The van der Waals surface area contributed by atoms with E-state index in [4.69, 9.17) is 46.5 Å². The van der Waals surface area contributed by atoms with Gasteiger partial charge in [-0.1, -0.05) is 18.3 Å². The second-order valence-electron chi connectivity index (χ2n) is 8.56. The van der Waals surface area contributed by atoms with E-state index < -0.39 is 66.8 Å². The number of carbonyl (C=O) groups excluding carboxylic acids is 1. The number of phosphoric acid groups is 3. The quantitative estimate of drug-likeness (QED) is 0.108. The van der Waals surface area contributed by atoms with E-state index in [0.29, 0.717) is 0 Å². The van der Waals surface area contributed by atoms with Crippen LogP contribution in [0.15, 0.2) is 23.8 Å². The molecule has 3 aromatic heterocycles. The minimum absolute atomic E-state index is 0.0394. The van der Waals surface area contributed by atoms with E-state index in [1.807, 2.05) is 17.5 Å². The fourth-order valence-electron chi connectivity index (χ4n) is 4.10. The van der Waals surface area contributed by atoms with Crippen molar-refractivity contribution in [3.05, 3.63) is 33.4 Å². The molecule has 5 rings (SSSR count). The zero-order valence-electron chi connectivity index (χ0n) is 20.6. The third-order valence-corrected chi connectivity index (χ3v) is 10.6. The van der Waals surface area contributed by atoms with Crippen molar-refractivity contribution in [2.24, 2.45) is 0 Å². The molecule has 0 saturated carbocycles. The molecule has 3 aromatic rings. The highest BCUT2D eigenvalue weighted by atomic mass is 32.1. The largest absolute Gasteiger partial charge is 0.490 e. The van der Waals surface area contributed by atoms with Crippen molar-refractivity contribution in [2.75, 3.05) is 12.3 Å². The van der Waals surface area contributed by atoms with Crippen LogP contribution in [-0.2, 0) is 52.4 Å². The maximum Gasteiger partial charge on any atom is 0.490 e. The van der Waals surface area contributed by atoms with E-state index in [9.17, 15) is 28.3 Å². The first kappa shape index (κ1) is 31.5. The van der Waals surface area contributed by atoms with Gasteiger partial charge in [-0.15, -0.1) is 11.3 Å². The van der Waals surface area contributed by atoms with E-state index in [1.165, 1.54) is 22.2 Å². The fourth-order valence-corrected chi connectivity index (χ4v) is 8.03. The topological polar surface area (TPSA) is 289 Å². The molecule has 2 aliphatic heterocycles. The number of nitrogens with two attached hydrogens (primary N) is 1. The first-order valence-corrected chi connectivity index (χ1v) is 17.2. The van der Waals surface area contributed by atoms with E-state index in [-0.39, 0.29) is 28.3 Å². The number of aromatic nitrogens is 4. The number of hydrogen-bond acceptors (Lipinski definition) is 15. The highest BCUT2D eigenvalue weighted by molar-refractivity contribution is 7.71. The number of amides is 1. The highest BCUT2D eigenvalue weighted by Gasteiger charge is 2.56. The Balaban J connectivity index is 1.36. The van der Waals surface area contributed by atoms with Gasteiger partial charge in [-0.2, -0.15) is 8.62 Å². The number of carbonyl (C=O) groups is 1. The number of rotatable bonds is 11. The Kier molecular flexibility index (Phi) is 8.87. The summed E-state index contributed by atoms with van der Waals surface area (Å²) in [6, 6.07) is 3.62. The number of imidazole rings is 1. The normalized spacial score (nSPS) is 27.0. The van der Waals surface area contributed by atoms with Crippen LogP contribution in [0.3, 0.4) is 0 Å². The summed E-state index contributed by atoms with van der Waals surface area (Å²) in [4.78, 5) is 61.3. The summed E-state index contributed by atoms with van der Waals surface area (Å²) in [5, 5.41) is 4.51. The molecule has 0 radical (unpaired) electrons. The van der Waals surface area contributed by atoms with Gasteiger partial charge in [-0.3, -0.25) is 13.9 Å². The average molecular weight is 690 g/mol. The number of H-pyrrole nitrogens is 1. The molecule has 25 heteroatoms. The summed E-state index contributed by atoms with van der Waals surface area (Å²) in [6.45, 7) is -0.667. The molecule has 7 atom stereocenters. The van der Waals surface area contributed by atoms with Crippen molar-refractivity contribution in [2.45, 2.75) is 37.4 Å². The second-order valence-corrected chi connectivity index (χ2v) is 14.4. The van der Waals surface area contributed by atoms with Crippen LogP contribution < -0.4 is 11.1 Å². The Bertz CT molecular complexity index is 1680. The van der Waals surface area contributed by atoms with Gasteiger partial charge in [0.25, 0.3) is 5.91 Å². The number of fused-ring (bicyclic) bond motifs is 2. The number of anilines is 1. The predicted molar refractivity (Wildman–Crippen MR) is 141 cm³/mol. The minimum Gasteiger partial charge on any atom is -0.369 e. The number of ether oxygens (including phenoxy) is 3. The molecule has 0 aromatic carbocycles. The lowest BCUT2D eigenvalue weighted by molar-refractivity contribution is -0.171. The molecule has 42 heavy (non-hydrogen) atoms. The maximum atomic E-state index is 12.8. The smallest absolute Gasteiger partial charge is 0.369 e. The Hall–Kier alpha value is -1.97. The van der Waals surface area contributed by atoms with Crippen molar-refractivity contribution >= 4 is 70.0 Å². The number of aromatic amines is 1. The molecular weight excluding hydrogens is 669 g/mol. The average Bonchev–Trinajstić information content (AvgIpc) is 3.63. The molecule has 1 amide bonds. The van der Waals surface area contributed by atoms with Crippen molar-refractivity contribution in [3.63, 3.8) is 0 Å². The minimum atomic E-state index is -5.75. The number of thiophene rings is 1. The van der Waals surface area contributed by atoms with E-state index >= 15 is 0 Å². The van der Waals surface area contributed by atoms with Gasteiger partial charge >= 0.3 is 23.5 Å². The van der Waals surface area contributed by atoms with Gasteiger partial charge in [-0.25, -0.2) is 23.7 Å². The molecule has 0 aliphatic carbocycles. The Morgan fingerprint density at radius 1 is 1.17 bits per heavy atom. The zero-order valence-corrected chi connectivity index (χ0v) is 24.9. The third-order valence-electron chi connectivity index (χ3n) is 5.63. The van der Waals surface area contributed by atoms with Crippen LogP contribution in [0.4, 0.5) is 5.95 Å². The summed E-state index contributed by atoms with van der Waals surface area (Å²) in [6.07, 6.45) is -4.69. The van der Waals surface area contributed by atoms with E-state index in [2.05, 4.69) is 28.9 Å². The molecule has 8 N–H and O–H groups in total. The van der Waals surface area contributed by atoms with Crippen LogP contribution in [0.25, 0.3) is 11.2 Å². The Morgan fingerprint density at radius 2 is 1.90 bits per heavy atom. The zero-order chi connectivity index (χ0) is 30.4. The second kappa shape index (κ2) is 11.8.